The number of H-pyrrole nitrogens is 1. The molecule has 2 aromatic heterocycles. The molecule has 1 aliphatic heterocycles. The molecule has 0 spiro atoms. The maximum Gasteiger partial charge on any atom is 0.302 e. The molecule has 0 radical (unpaired) electrons. The smallest absolute Gasteiger partial charge is 0.302 e. The predicted octanol–water partition coefficient (Wildman–Crippen LogP) is 4.54. The summed E-state index contributed by atoms with van der Waals surface area (Å²) < 4.78 is 19.1. The van der Waals surface area contributed by atoms with Crippen molar-refractivity contribution in [2.45, 2.75) is 19.9 Å². The molecule has 1 amide bonds. The standard InChI is InChI=1S/C24H18FN3O4/c1-12-3-9-16-17(11-12)27-24(26-16)28-20(18-10-4-13(2)32-18)19(22(30)23(28)31)21(29)14-5-7-15(25)8-6-14/h3-11,20,29H,1-2H3,(H,26,27)/b21-19+. The number of nitrogens with one attached hydrogen (secondary N) is 1. The summed E-state index contributed by atoms with van der Waals surface area (Å²) in [6.07, 6.45) is 0. The number of anilines is 1. The number of aromatic amines is 1. The van der Waals surface area contributed by atoms with Crippen LogP contribution in [0.1, 0.15) is 28.7 Å². The fourth-order valence-corrected chi connectivity index (χ4v) is 3.91. The van der Waals surface area contributed by atoms with Crippen molar-refractivity contribution in [3.05, 3.63) is 88.6 Å². The van der Waals surface area contributed by atoms with Gasteiger partial charge in [0.1, 0.15) is 29.1 Å². The van der Waals surface area contributed by atoms with Crippen molar-refractivity contribution in [1.29, 1.82) is 0 Å². The number of nitrogens with zero attached hydrogens (tertiary/aromatic N) is 2. The normalized spacial score (nSPS) is 18.1. The average molecular weight is 431 g/mol. The molecule has 0 aliphatic carbocycles. The van der Waals surface area contributed by atoms with Crippen LogP contribution in [0.4, 0.5) is 10.3 Å². The van der Waals surface area contributed by atoms with Crippen LogP contribution in [0.5, 0.6) is 0 Å². The second kappa shape index (κ2) is 7.19. The van der Waals surface area contributed by atoms with Gasteiger partial charge in [0.05, 0.1) is 16.6 Å². The summed E-state index contributed by atoms with van der Waals surface area (Å²) in [4.78, 5) is 34.9. The van der Waals surface area contributed by atoms with E-state index in [-0.39, 0.29) is 17.1 Å². The fourth-order valence-electron chi connectivity index (χ4n) is 3.91. The number of aliphatic hydroxyl groups is 1. The van der Waals surface area contributed by atoms with E-state index in [1.807, 2.05) is 25.1 Å². The number of imidazole rings is 1. The zero-order valence-corrected chi connectivity index (χ0v) is 17.2. The Morgan fingerprint density at radius 2 is 1.84 bits per heavy atom. The molecular formula is C24H18FN3O4. The molecule has 2 N–H and O–H groups in total. The van der Waals surface area contributed by atoms with Gasteiger partial charge in [0.15, 0.2) is 0 Å². The van der Waals surface area contributed by atoms with Gasteiger partial charge in [-0.2, -0.15) is 0 Å². The molecule has 1 aliphatic rings. The van der Waals surface area contributed by atoms with Crippen LogP contribution in [-0.2, 0) is 9.59 Å². The lowest BCUT2D eigenvalue weighted by molar-refractivity contribution is -0.132. The number of carbonyl (C=O) groups is 2. The van der Waals surface area contributed by atoms with Crippen LogP contribution < -0.4 is 4.90 Å². The highest BCUT2D eigenvalue weighted by Crippen LogP contribution is 2.42. The first-order valence-corrected chi connectivity index (χ1v) is 9.93. The quantitative estimate of drug-likeness (QED) is 0.282. The van der Waals surface area contributed by atoms with Crippen LogP contribution in [0, 0.1) is 19.7 Å². The molecule has 1 atom stereocenters. The summed E-state index contributed by atoms with van der Waals surface area (Å²) in [5.74, 6) is -1.62. The van der Waals surface area contributed by atoms with Gasteiger partial charge in [-0.05, 0) is 67.9 Å². The van der Waals surface area contributed by atoms with Crippen molar-refractivity contribution < 1.29 is 23.5 Å². The van der Waals surface area contributed by atoms with Crippen LogP contribution in [-0.4, -0.2) is 26.8 Å². The van der Waals surface area contributed by atoms with E-state index in [0.29, 0.717) is 22.6 Å². The first-order valence-electron chi connectivity index (χ1n) is 9.93. The van der Waals surface area contributed by atoms with E-state index in [1.54, 1.807) is 19.1 Å². The minimum absolute atomic E-state index is 0.157. The predicted molar refractivity (Wildman–Crippen MR) is 115 cm³/mol. The summed E-state index contributed by atoms with van der Waals surface area (Å²) in [7, 11) is 0. The van der Waals surface area contributed by atoms with Gasteiger partial charge in [-0.3, -0.25) is 14.5 Å². The number of furan rings is 1. The van der Waals surface area contributed by atoms with Crippen molar-refractivity contribution in [1.82, 2.24) is 9.97 Å². The number of hydrogen-bond acceptors (Lipinski definition) is 5. The van der Waals surface area contributed by atoms with Crippen LogP contribution in [0.3, 0.4) is 0 Å². The number of ketones is 1. The second-order valence-electron chi connectivity index (χ2n) is 7.71. The lowest BCUT2D eigenvalue weighted by Gasteiger charge is -2.20. The van der Waals surface area contributed by atoms with Crippen molar-refractivity contribution >= 4 is 34.4 Å². The van der Waals surface area contributed by atoms with Crippen molar-refractivity contribution in [3.8, 4) is 0 Å². The van der Waals surface area contributed by atoms with Gasteiger partial charge < -0.3 is 14.5 Å². The van der Waals surface area contributed by atoms with E-state index in [1.165, 1.54) is 29.2 Å². The highest BCUT2D eigenvalue weighted by atomic mass is 19.1. The number of aliphatic hydroxyl groups excluding tert-OH is 1. The monoisotopic (exact) mass is 431 g/mol. The molecule has 8 heteroatoms. The molecule has 160 valence electrons. The molecule has 0 bridgehead atoms. The number of Topliss-reactive ketones (excluding diaryl/α,β-unsaturated/α-hetero) is 1. The van der Waals surface area contributed by atoms with E-state index in [9.17, 15) is 19.1 Å². The van der Waals surface area contributed by atoms with Gasteiger partial charge in [0, 0.05) is 5.56 Å². The first kappa shape index (κ1) is 19.7. The number of carbonyl (C=O) groups excluding carboxylic acids is 2. The number of rotatable bonds is 3. The zero-order valence-electron chi connectivity index (χ0n) is 17.2. The molecule has 1 saturated heterocycles. The fraction of sp³-hybridized carbons (Fsp3) is 0.125. The Morgan fingerprint density at radius 1 is 1.09 bits per heavy atom. The number of aromatic nitrogens is 2. The van der Waals surface area contributed by atoms with Gasteiger partial charge in [0.25, 0.3) is 5.78 Å². The highest BCUT2D eigenvalue weighted by Gasteiger charge is 2.49. The summed E-state index contributed by atoms with van der Waals surface area (Å²) in [5.41, 5.74) is 2.38. The van der Waals surface area contributed by atoms with E-state index in [2.05, 4.69) is 9.97 Å². The minimum atomic E-state index is -1.05. The molecule has 5 rings (SSSR count). The maximum atomic E-state index is 13.4. The largest absolute Gasteiger partial charge is 0.507 e. The summed E-state index contributed by atoms with van der Waals surface area (Å²) in [5, 5.41) is 11.0. The van der Waals surface area contributed by atoms with Gasteiger partial charge in [-0.15, -0.1) is 0 Å². The highest BCUT2D eigenvalue weighted by molar-refractivity contribution is 6.51. The summed E-state index contributed by atoms with van der Waals surface area (Å²) >= 11 is 0. The number of fused-ring (bicyclic) bond motifs is 1. The molecule has 2 aromatic carbocycles. The third-order valence-corrected chi connectivity index (χ3v) is 5.45. The summed E-state index contributed by atoms with van der Waals surface area (Å²) in [6.45, 7) is 3.67. The Balaban J connectivity index is 1.72. The van der Waals surface area contributed by atoms with E-state index < -0.39 is 29.3 Å². The molecule has 4 aromatic rings. The molecule has 32 heavy (non-hydrogen) atoms. The van der Waals surface area contributed by atoms with Crippen molar-refractivity contribution in [2.75, 3.05) is 4.90 Å². The Bertz CT molecular complexity index is 1410. The van der Waals surface area contributed by atoms with Crippen molar-refractivity contribution in [3.63, 3.8) is 0 Å². The molecule has 1 unspecified atom stereocenters. The maximum absolute atomic E-state index is 13.4. The molecule has 3 heterocycles. The van der Waals surface area contributed by atoms with Gasteiger partial charge in [-0.1, -0.05) is 6.07 Å². The van der Waals surface area contributed by atoms with E-state index >= 15 is 0 Å². The number of halogens is 1. The van der Waals surface area contributed by atoms with Gasteiger partial charge >= 0.3 is 5.91 Å². The number of hydrogen-bond donors (Lipinski definition) is 2. The van der Waals surface area contributed by atoms with Crippen LogP contribution in [0.25, 0.3) is 16.8 Å². The van der Waals surface area contributed by atoms with Crippen LogP contribution in [0.2, 0.25) is 0 Å². The lowest BCUT2D eigenvalue weighted by atomic mass is 9.99. The average Bonchev–Trinajstić information content (AvgIpc) is 3.44. The van der Waals surface area contributed by atoms with E-state index in [0.717, 1.165) is 5.56 Å². The third-order valence-electron chi connectivity index (χ3n) is 5.45. The number of benzene rings is 2. The Labute approximate surface area is 181 Å². The SMILES string of the molecule is Cc1ccc2nc(N3C(=O)C(=O)/C(=C(/O)c4ccc(F)cc4)C3c3ccc(C)o3)[nH]c2c1. The van der Waals surface area contributed by atoms with Gasteiger partial charge in [0.2, 0.25) is 5.95 Å². The molecular weight excluding hydrogens is 413 g/mol. The minimum Gasteiger partial charge on any atom is -0.507 e. The molecule has 7 nitrogen and oxygen atoms in total. The van der Waals surface area contributed by atoms with Gasteiger partial charge in [-0.25, -0.2) is 9.37 Å². The topological polar surface area (TPSA) is 99.4 Å². The Kier molecular flexibility index (Phi) is 4.44. The molecule has 1 fully saturated rings. The summed E-state index contributed by atoms with van der Waals surface area (Å²) in [6, 6.07) is 12.9. The second-order valence-corrected chi connectivity index (χ2v) is 7.71. The number of aryl methyl sites for hydroxylation is 2. The number of amides is 1. The Hall–Kier alpha value is -4.20. The first-order chi connectivity index (χ1) is 15.3. The molecule has 0 saturated carbocycles. The Morgan fingerprint density at radius 3 is 2.53 bits per heavy atom. The van der Waals surface area contributed by atoms with Crippen LogP contribution >= 0.6 is 0 Å². The lowest BCUT2D eigenvalue weighted by Crippen LogP contribution is -2.30. The van der Waals surface area contributed by atoms with E-state index in [4.69, 9.17) is 4.42 Å². The third kappa shape index (κ3) is 3.08. The van der Waals surface area contributed by atoms with Crippen LogP contribution in [0.15, 0.2) is 64.6 Å². The zero-order chi connectivity index (χ0) is 22.6. The van der Waals surface area contributed by atoms with Crippen molar-refractivity contribution in [2.24, 2.45) is 0 Å².